The molecule has 0 aromatic heterocycles. The Kier molecular flexibility index (Phi) is 6.31. The van der Waals surface area contributed by atoms with Crippen LogP contribution in [0.2, 0.25) is 5.02 Å². The molecule has 5 nitrogen and oxygen atoms in total. The van der Waals surface area contributed by atoms with Crippen LogP contribution in [-0.4, -0.2) is 31.2 Å². The van der Waals surface area contributed by atoms with E-state index in [4.69, 9.17) is 11.6 Å². The van der Waals surface area contributed by atoms with Gasteiger partial charge >= 0.3 is 0 Å². The van der Waals surface area contributed by atoms with Crippen LogP contribution in [0.15, 0.2) is 60.0 Å². The first-order chi connectivity index (χ1) is 12.9. The number of nitrogens with one attached hydrogen (secondary N) is 1. The molecule has 0 heterocycles. The molecule has 27 heavy (non-hydrogen) atoms. The quantitative estimate of drug-likeness (QED) is 0.733. The third-order valence-electron chi connectivity index (χ3n) is 4.16. The predicted octanol–water partition coefficient (Wildman–Crippen LogP) is 3.42. The number of hydrogen-bond acceptors (Lipinski definition) is 3. The molecule has 142 valence electrons. The highest BCUT2D eigenvalue weighted by atomic mass is 35.5. The van der Waals surface area contributed by atoms with Gasteiger partial charge in [0.25, 0.3) is 0 Å². The number of sulfonamides is 1. The predicted molar refractivity (Wildman–Crippen MR) is 107 cm³/mol. The fraction of sp³-hybridized carbons (Fsp3) is 0.250. The maximum absolute atomic E-state index is 12.9. The van der Waals surface area contributed by atoms with E-state index in [-0.39, 0.29) is 25.0 Å². The average molecular weight is 405 g/mol. The van der Waals surface area contributed by atoms with Gasteiger partial charge in [-0.1, -0.05) is 60.1 Å². The number of carbonyl (C=O) groups is 1. The number of rotatable bonds is 8. The molecular formula is C20H21ClN2O3S. The van der Waals surface area contributed by atoms with E-state index >= 15 is 0 Å². The van der Waals surface area contributed by atoms with Gasteiger partial charge in [0, 0.05) is 23.0 Å². The van der Waals surface area contributed by atoms with Gasteiger partial charge in [-0.25, -0.2) is 8.42 Å². The number of carbonyl (C=O) groups excluding carboxylic acids is 1. The standard InChI is InChI=1S/C20H21ClN2O3S/c21-19-9-5-4-8-17(19)14-23(15-20(24)22-18-10-11-18)27(25,26)13-12-16-6-2-1-3-7-16/h1-9,12-13,18H,10-11,14-15H2,(H,22,24)/b13-12+. The summed E-state index contributed by atoms with van der Waals surface area (Å²) in [5, 5.41) is 4.42. The van der Waals surface area contributed by atoms with Crippen LogP contribution in [0.3, 0.4) is 0 Å². The minimum absolute atomic E-state index is 0.0270. The first-order valence-corrected chi connectivity index (χ1v) is 10.6. The highest BCUT2D eigenvalue weighted by Gasteiger charge is 2.27. The second kappa shape index (κ2) is 8.69. The van der Waals surface area contributed by atoms with Crippen molar-refractivity contribution in [3.63, 3.8) is 0 Å². The van der Waals surface area contributed by atoms with Crippen molar-refractivity contribution in [2.45, 2.75) is 25.4 Å². The molecular weight excluding hydrogens is 384 g/mol. The van der Waals surface area contributed by atoms with Gasteiger partial charge in [-0.05, 0) is 36.1 Å². The zero-order valence-electron chi connectivity index (χ0n) is 14.7. The summed E-state index contributed by atoms with van der Waals surface area (Å²) < 4.78 is 26.9. The first-order valence-electron chi connectivity index (χ1n) is 8.70. The van der Waals surface area contributed by atoms with E-state index < -0.39 is 10.0 Å². The van der Waals surface area contributed by atoms with Gasteiger partial charge in [-0.15, -0.1) is 0 Å². The lowest BCUT2D eigenvalue weighted by Gasteiger charge is -2.20. The number of benzene rings is 2. The van der Waals surface area contributed by atoms with E-state index in [9.17, 15) is 13.2 Å². The monoisotopic (exact) mass is 404 g/mol. The summed E-state index contributed by atoms with van der Waals surface area (Å²) in [5.41, 5.74) is 1.41. The van der Waals surface area contributed by atoms with Gasteiger partial charge in [-0.3, -0.25) is 4.79 Å². The Bertz CT molecular complexity index is 925. The molecule has 0 radical (unpaired) electrons. The lowest BCUT2D eigenvalue weighted by Crippen LogP contribution is -2.40. The molecule has 2 aromatic rings. The van der Waals surface area contributed by atoms with Gasteiger partial charge in [0.05, 0.1) is 6.54 Å². The molecule has 1 saturated carbocycles. The van der Waals surface area contributed by atoms with Gasteiger partial charge in [0.2, 0.25) is 15.9 Å². The van der Waals surface area contributed by atoms with Crippen LogP contribution < -0.4 is 5.32 Å². The second-order valence-corrected chi connectivity index (χ2v) is 8.69. The molecule has 1 amide bonds. The van der Waals surface area contributed by atoms with Gasteiger partial charge in [-0.2, -0.15) is 4.31 Å². The Morgan fingerprint density at radius 2 is 1.78 bits per heavy atom. The van der Waals surface area contributed by atoms with E-state index in [1.807, 2.05) is 30.3 Å². The molecule has 0 bridgehead atoms. The zero-order chi connectivity index (χ0) is 19.3. The minimum Gasteiger partial charge on any atom is -0.352 e. The molecule has 3 rings (SSSR count). The number of halogens is 1. The Hall–Kier alpha value is -2.15. The van der Waals surface area contributed by atoms with E-state index in [2.05, 4.69) is 5.32 Å². The van der Waals surface area contributed by atoms with Crippen LogP contribution in [0.4, 0.5) is 0 Å². The van der Waals surface area contributed by atoms with Crippen molar-refractivity contribution in [1.82, 2.24) is 9.62 Å². The molecule has 1 aliphatic carbocycles. The van der Waals surface area contributed by atoms with Crippen LogP contribution in [0.25, 0.3) is 6.08 Å². The molecule has 1 N–H and O–H groups in total. The van der Waals surface area contributed by atoms with Gasteiger partial charge in [0.15, 0.2) is 0 Å². The molecule has 0 spiro atoms. The summed E-state index contributed by atoms with van der Waals surface area (Å²) in [7, 11) is -3.81. The fourth-order valence-corrected chi connectivity index (χ4v) is 3.84. The summed E-state index contributed by atoms with van der Waals surface area (Å²) >= 11 is 6.18. The normalized spacial score (nSPS) is 14.6. The molecule has 7 heteroatoms. The second-order valence-electron chi connectivity index (χ2n) is 6.46. The minimum atomic E-state index is -3.81. The Morgan fingerprint density at radius 3 is 2.44 bits per heavy atom. The van der Waals surface area contributed by atoms with Crippen molar-refractivity contribution in [2.24, 2.45) is 0 Å². The van der Waals surface area contributed by atoms with Gasteiger partial charge in [0.1, 0.15) is 0 Å². The third kappa shape index (κ3) is 5.92. The van der Waals surface area contributed by atoms with Crippen LogP contribution in [-0.2, 0) is 21.4 Å². The summed E-state index contributed by atoms with van der Waals surface area (Å²) in [4.78, 5) is 12.2. The summed E-state index contributed by atoms with van der Waals surface area (Å²) in [6.45, 7) is -0.220. The Balaban J connectivity index is 1.81. The van der Waals surface area contributed by atoms with Crippen molar-refractivity contribution < 1.29 is 13.2 Å². The van der Waals surface area contributed by atoms with Crippen molar-refractivity contribution in [3.8, 4) is 0 Å². The maximum atomic E-state index is 12.9. The van der Waals surface area contributed by atoms with Crippen LogP contribution >= 0.6 is 11.6 Å². The smallest absolute Gasteiger partial charge is 0.237 e. The van der Waals surface area contributed by atoms with E-state index in [0.29, 0.717) is 10.6 Å². The molecule has 0 aliphatic heterocycles. The Labute approximate surface area is 164 Å². The topological polar surface area (TPSA) is 66.5 Å². The van der Waals surface area contributed by atoms with Crippen molar-refractivity contribution >= 4 is 33.6 Å². The van der Waals surface area contributed by atoms with Gasteiger partial charge < -0.3 is 5.32 Å². The first kappa shape index (κ1) is 19.6. The molecule has 0 saturated heterocycles. The lowest BCUT2D eigenvalue weighted by atomic mass is 10.2. The number of hydrogen-bond donors (Lipinski definition) is 1. The molecule has 2 aromatic carbocycles. The Morgan fingerprint density at radius 1 is 1.11 bits per heavy atom. The van der Waals surface area contributed by atoms with E-state index in [0.717, 1.165) is 28.1 Å². The third-order valence-corrected chi connectivity index (χ3v) is 5.99. The summed E-state index contributed by atoms with van der Waals surface area (Å²) in [6, 6.07) is 16.3. The fourth-order valence-electron chi connectivity index (χ4n) is 2.53. The highest BCUT2D eigenvalue weighted by molar-refractivity contribution is 7.92. The van der Waals surface area contributed by atoms with Crippen LogP contribution in [0.1, 0.15) is 24.0 Å². The number of nitrogens with zero attached hydrogens (tertiary/aromatic N) is 1. The average Bonchev–Trinajstić information content (AvgIpc) is 3.46. The zero-order valence-corrected chi connectivity index (χ0v) is 16.3. The van der Waals surface area contributed by atoms with Crippen LogP contribution in [0.5, 0.6) is 0 Å². The van der Waals surface area contributed by atoms with Crippen LogP contribution in [0, 0.1) is 0 Å². The van der Waals surface area contributed by atoms with Crippen molar-refractivity contribution in [3.05, 3.63) is 76.2 Å². The number of amides is 1. The molecule has 0 unspecified atom stereocenters. The summed E-state index contributed by atoms with van der Waals surface area (Å²) in [6.07, 6.45) is 3.40. The maximum Gasteiger partial charge on any atom is 0.237 e. The highest BCUT2D eigenvalue weighted by Crippen LogP contribution is 2.21. The summed E-state index contributed by atoms with van der Waals surface area (Å²) in [5.74, 6) is -0.304. The van der Waals surface area contributed by atoms with Crippen molar-refractivity contribution in [1.29, 1.82) is 0 Å². The largest absolute Gasteiger partial charge is 0.352 e. The SMILES string of the molecule is O=C(CN(Cc1ccccc1Cl)S(=O)(=O)/C=C/c1ccccc1)NC1CC1. The molecule has 0 atom stereocenters. The molecule has 1 fully saturated rings. The van der Waals surface area contributed by atoms with E-state index in [1.54, 1.807) is 24.3 Å². The van der Waals surface area contributed by atoms with Crippen molar-refractivity contribution in [2.75, 3.05) is 6.54 Å². The molecule has 1 aliphatic rings. The van der Waals surface area contributed by atoms with E-state index in [1.165, 1.54) is 6.08 Å². The lowest BCUT2D eigenvalue weighted by molar-refractivity contribution is -0.121.